The quantitative estimate of drug-likeness (QED) is 0.134. The van der Waals surface area contributed by atoms with Crippen molar-refractivity contribution in [2.24, 2.45) is 11.8 Å². The minimum absolute atomic E-state index is 0.0386. The van der Waals surface area contributed by atoms with E-state index in [1.165, 1.54) is 7.11 Å². The number of piperidine rings is 3. The number of aromatic nitrogens is 1. The molecule has 1 aromatic heterocycles. The first-order valence-electron chi connectivity index (χ1n) is 13.6. The van der Waals surface area contributed by atoms with Crippen LogP contribution in [0.15, 0.2) is 61.3 Å². The lowest BCUT2D eigenvalue weighted by Crippen LogP contribution is -2.58. The number of benzene rings is 2. The number of rotatable bonds is 7. The Bertz CT molecular complexity index is 1480. The Morgan fingerprint density at radius 1 is 1.16 bits per heavy atom. The lowest BCUT2D eigenvalue weighted by Gasteiger charge is -2.52. The van der Waals surface area contributed by atoms with Gasteiger partial charge in [-0.05, 0) is 91.5 Å². The van der Waals surface area contributed by atoms with Gasteiger partial charge in [-0.1, -0.05) is 6.08 Å². The van der Waals surface area contributed by atoms with E-state index in [1.54, 1.807) is 18.3 Å². The van der Waals surface area contributed by atoms with Crippen LogP contribution in [0.25, 0.3) is 10.9 Å². The molecular weight excluding hydrogens is 594 g/mol. The smallest absolute Gasteiger partial charge is 0.416 e. The molecule has 0 spiro atoms. The number of thiocarbonyl (C=S) groups is 1. The molecule has 6 nitrogen and oxygen atoms in total. The summed E-state index contributed by atoms with van der Waals surface area (Å²) in [5, 5.41) is 14.0. The molecule has 0 aliphatic carbocycles. The molecule has 0 radical (unpaired) electrons. The molecule has 4 heterocycles. The van der Waals surface area contributed by atoms with Crippen molar-refractivity contribution in [1.82, 2.24) is 15.2 Å². The van der Waals surface area contributed by atoms with E-state index >= 15 is 0 Å². The van der Waals surface area contributed by atoms with Gasteiger partial charge in [0.25, 0.3) is 0 Å². The van der Waals surface area contributed by atoms with Crippen LogP contribution < -0.4 is 15.0 Å². The molecule has 230 valence electrons. The molecule has 0 amide bonds. The number of ether oxygens (including phenoxy) is 1. The van der Waals surface area contributed by atoms with Gasteiger partial charge < -0.3 is 15.2 Å². The summed E-state index contributed by atoms with van der Waals surface area (Å²) in [4.78, 5) is 7.59. The second-order valence-corrected chi connectivity index (χ2v) is 11.2. The molecule has 5 atom stereocenters. The minimum Gasteiger partial charge on any atom is -0.497 e. The number of hydrogen-bond acceptors (Lipinski definition) is 5. The summed E-state index contributed by atoms with van der Waals surface area (Å²) in [5.41, 5.74) is -2.11. The number of pyridine rings is 1. The summed E-state index contributed by atoms with van der Waals surface area (Å²) in [6.07, 6.45) is -4.79. The number of fused-ring (bicyclic) bond motifs is 4. The van der Waals surface area contributed by atoms with Crippen molar-refractivity contribution in [2.75, 3.05) is 31.8 Å². The number of nitrogens with zero attached hydrogens (tertiary/aromatic N) is 3. The molecule has 13 heteroatoms. The summed E-state index contributed by atoms with van der Waals surface area (Å²) >= 11 is 5.60. The van der Waals surface area contributed by atoms with E-state index in [4.69, 9.17) is 17.0 Å². The summed E-state index contributed by atoms with van der Waals surface area (Å²) in [5.74, 6) is 1.23. The van der Waals surface area contributed by atoms with Gasteiger partial charge in [0.1, 0.15) is 12.5 Å². The van der Waals surface area contributed by atoms with Crippen LogP contribution in [0.2, 0.25) is 0 Å². The molecular formula is C30H30F6N4O2S. The highest BCUT2D eigenvalue weighted by Gasteiger charge is 2.44. The number of alkyl halides is 6. The predicted molar refractivity (Wildman–Crippen MR) is 155 cm³/mol. The summed E-state index contributed by atoms with van der Waals surface area (Å²) < 4.78 is 87.1. The third-order valence-electron chi connectivity index (χ3n) is 8.41. The predicted octanol–water partition coefficient (Wildman–Crippen LogP) is 6.55. The summed E-state index contributed by atoms with van der Waals surface area (Å²) in [7, 11) is 1.53. The van der Waals surface area contributed by atoms with Gasteiger partial charge >= 0.3 is 12.4 Å². The van der Waals surface area contributed by atoms with Crippen LogP contribution in [0.5, 0.6) is 5.75 Å². The Labute approximate surface area is 249 Å². The van der Waals surface area contributed by atoms with Gasteiger partial charge in [0, 0.05) is 29.9 Å². The van der Waals surface area contributed by atoms with Crippen LogP contribution in [-0.2, 0) is 12.4 Å². The molecule has 43 heavy (non-hydrogen) atoms. The fraction of sp³-hybridized carbons (Fsp3) is 0.400. The lowest BCUT2D eigenvalue weighted by atomic mass is 9.73. The molecule has 6 rings (SSSR count). The number of methoxy groups -OCH3 is 1. The molecule has 2 N–H and O–H groups in total. The highest BCUT2D eigenvalue weighted by atomic mass is 32.1. The zero-order chi connectivity index (χ0) is 31.1. The maximum atomic E-state index is 13.6. The lowest BCUT2D eigenvalue weighted by molar-refractivity contribution is -0.143. The average Bonchev–Trinajstić information content (AvgIpc) is 2.98. The number of nitrogens with one attached hydrogen (secondary N) is 1. The van der Waals surface area contributed by atoms with Gasteiger partial charge in [-0.3, -0.25) is 14.8 Å². The normalized spacial score (nSPS) is 22.7. The fourth-order valence-corrected chi connectivity index (χ4v) is 6.51. The Morgan fingerprint density at radius 2 is 1.86 bits per heavy atom. The third kappa shape index (κ3) is 6.29. The van der Waals surface area contributed by atoms with Gasteiger partial charge in [-0.25, -0.2) is 0 Å². The second kappa shape index (κ2) is 11.9. The van der Waals surface area contributed by atoms with Gasteiger partial charge in [0.2, 0.25) is 0 Å². The van der Waals surface area contributed by atoms with Crippen LogP contribution in [0.1, 0.15) is 35.6 Å². The van der Waals surface area contributed by atoms with Crippen LogP contribution in [0.4, 0.5) is 32.0 Å². The first-order valence-corrected chi connectivity index (χ1v) is 14.0. The molecule has 5 unspecified atom stereocenters. The zero-order valence-electron chi connectivity index (χ0n) is 23.1. The summed E-state index contributed by atoms with van der Waals surface area (Å²) in [6.45, 7) is 4.58. The van der Waals surface area contributed by atoms with E-state index in [9.17, 15) is 31.4 Å². The Hall–Kier alpha value is -3.42. The van der Waals surface area contributed by atoms with E-state index in [2.05, 4.69) is 21.8 Å². The van der Waals surface area contributed by atoms with Crippen molar-refractivity contribution in [3.05, 3.63) is 78.0 Å². The van der Waals surface area contributed by atoms with Gasteiger partial charge in [-0.15, -0.1) is 6.58 Å². The van der Waals surface area contributed by atoms with Crippen molar-refractivity contribution in [2.45, 2.75) is 37.3 Å². The molecule has 3 fully saturated rings. The molecule has 3 saturated heterocycles. The van der Waals surface area contributed by atoms with Crippen molar-refractivity contribution < 1.29 is 36.2 Å². The minimum atomic E-state index is -5.06. The second-order valence-electron chi connectivity index (χ2n) is 10.8. The average molecular weight is 625 g/mol. The maximum absolute atomic E-state index is 13.6. The van der Waals surface area contributed by atoms with Gasteiger partial charge in [0.05, 0.1) is 29.8 Å². The van der Waals surface area contributed by atoms with E-state index < -0.39 is 41.9 Å². The van der Waals surface area contributed by atoms with Crippen LogP contribution in [0, 0.1) is 11.8 Å². The first kappa shape index (κ1) is 31.0. The summed E-state index contributed by atoms with van der Waals surface area (Å²) in [6, 6.07) is 7.65. The largest absolute Gasteiger partial charge is 0.497 e. The highest BCUT2D eigenvalue weighted by Crippen LogP contribution is 2.43. The van der Waals surface area contributed by atoms with E-state index in [0.717, 1.165) is 41.8 Å². The van der Waals surface area contributed by atoms with Gasteiger partial charge in [0.15, 0.2) is 5.11 Å². The number of anilines is 1. The standard InChI is InChI=1S/C30H30F6N4O2S/c1-3-17-15-39-9-7-18(17)10-26(39)27(23-6-8-37-25-5-4-22(42-2)14-24(23)25)38-28(43)40(16-41)21-12-19(29(31,32)33)11-20(13-21)30(34,35)36/h3-6,8,11-14,17-18,26-27,41H,1,7,9-10,15-16H2,2H3,(H,38,43). The molecule has 3 aromatic rings. The zero-order valence-corrected chi connectivity index (χ0v) is 23.9. The van der Waals surface area contributed by atoms with Crippen LogP contribution in [0.3, 0.4) is 0 Å². The van der Waals surface area contributed by atoms with Crippen molar-refractivity contribution in [3.63, 3.8) is 0 Å². The monoisotopic (exact) mass is 624 g/mol. The fourth-order valence-electron chi connectivity index (χ4n) is 6.22. The van der Waals surface area contributed by atoms with Crippen LogP contribution in [-0.4, -0.2) is 53.1 Å². The Balaban J connectivity index is 1.58. The number of hydrogen-bond donors (Lipinski definition) is 2. The van der Waals surface area contributed by atoms with Crippen molar-refractivity contribution in [3.8, 4) is 5.75 Å². The van der Waals surface area contributed by atoms with Crippen LogP contribution >= 0.6 is 12.2 Å². The molecule has 3 aliphatic heterocycles. The van der Waals surface area contributed by atoms with Crippen molar-refractivity contribution in [1.29, 1.82) is 0 Å². The number of aliphatic hydroxyl groups is 1. The van der Waals surface area contributed by atoms with E-state index in [0.29, 0.717) is 35.2 Å². The maximum Gasteiger partial charge on any atom is 0.416 e. The molecule has 0 saturated carbocycles. The van der Waals surface area contributed by atoms with E-state index in [-0.39, 0.29) is 17.2 Å². The number of aliphatic hydroxyl groups excluding tert-OH is 1. The molecule has 2 aromatic carbocycles. The van der Waals surface area contributed by atoms with Gasteiger partial charge in [-0.2, -0.15) is 26.3 Å². The van der Waals surface area contributed by atoms with E-state index in [1.807, 2.05) is 18.2 Å². The molecule has 3 aliphatic rings. The van der Waals surface area contributed by atoms with Crippen molar-refractivity contribution >= 4 is 33.9 Å². The first-order chi connectivity index (χ1) is 20.3. The highest BCUT2D eigenvalue weighted by molar-refractivity contribution is 7.80. The Morgan fingerprint density at radius 3 is 2.42 bits per heavy atom. The molecule has 2 bridgehead atoms. The topological polar surface area (TPSA) is 60.9 Å². The third-order valence-corrected chi connectivity index (χ3v) is 8.74. The SMILES string of the molecule is C=CC1CN2CCC1CC2C(NC(=S)N(CO)c1cc(C(F)(F)F)cc(C(F)(F)F)c1)c1ccnc2ccc(OC)cc12. The Kier molecular flexibility index (Phi) is 8.61. The number of halogens is 6.